The van der Waals surface area contributed by atoms with Gasteiger partial charge in [-0.25, -0.2) is 0 Å². The summed E-state index contributed by atoms with van der Waals surface area (Å²) < 4.78 is 4.60. The van der Waals surface area contributed by atoms with Crippen LogP contribution in [0.3, 0.4) is 0 Å². The van der Waals surface area contributed by atoms with Gasteiger partial charge in [0.2, 0.25) is 5.91 Å². The molecule has 0 saturated heterocycles. The maximum absolute atomic E-state index is 12.2. The molecule has 1 amide bonds. The second-order valence-corrected chi connectivity index (χ2v) is 4.46. The average molecular weight is 243 g/mol. The zero-order chi connectivity index (χ0) is 13.4. The van der Waals surface area contributed by atoms with Crippen LogP contribution in [0.5, 0.6) is 0 Å². The smallest absolute Gasteiger partial charge is 0.307 e. The lowest BCUT2D eigenvalue weighted by molar-refractivity contribution is -0.143. The second-order valence-electron chi connectivity index (χ2n) is 4.46. The second kappa shape index (κ2) is 8.09. The molecule has 4 heteroatoms. The molecule has 0 aliphatic rings. The Labute approximate surface area is 104 Å². The normalized spacial score (nSPS) is 10.8. The topological polar surface area (TPSA) is 46.6 Å². The minimum Gasteiger partial charge on any atom is -0.469 e. The van der Waals surface area contributed by atoms with E-state index < -0.39 is 0 Å². The van der Waals surface area contributed by atoms with Gasteiger partial charge < -0.3 is 9.64 Å². The molecule has 0 atom stereocenters. The van der Waals surface area contributed by atoms with Crippen molar-refractivity contribution in [3.63, 3.8) is 0 Å². The number of amides is 1. The van der Waals surface area contributed by atoms with Crippen molar-refractivity contribution < 1.29 is 14.3 Å². The van der Waals surface area contributed by atoms with Crippen LogP contribution in [0.1, 0.15) is 47.0 Å². The van der Waals surface area contributed by atoms with Gasteiger partial charge in [0.15, 0.2) is 0 Å². The van der Waals surface area contributed by atoms with Crippen LogP contribution in [-0.2, 0) is 14.3 Å². The first kappa shape index (κ1) is 15.9. The highest BCUT2D eigenvalue weighted by atomic mass is 16.5. The summed E-state index contributed by atoms with van der Waals surface area (Å²) in [5.41, 5.74) is 0. The standard InChI is InChI=1S/C13H25NO3/c1-6-11(7-2)13(16)14(10(3)4)9-8-12(15)17-5/h10-11H,6-9H2,1-5H3. The molecule has 4 nitrogen and oxygen atoms in total. The lowest BCUT2D eigenvalue weighted by atomic mass is 10.0. The van der Waals surface area contributed by atoms with E-state index in [4.69, 9.17) is 0 Å². The Hall–Kier alpha value is -1.06. The largest absolute Gasteiger partial charge is 0.469 e. The van der Waals surface area contributed by atoms with E-state index in [1.807, 2.05) is 27.7 Å². The van der Waals surface area contributed by atoms with E-state index in [0.717, 1.165) is 12.8 Å². The summed E-state index contributed by atoms with van der Waals surface area (Å²) in [4.78, 5) is 25.1. The summed E-state index contributed by atoms with van der Waals surface area (Å²) in [5.74, 6) is -0.0584. The van der Waals surface area contributed by atoms with E-state index in [1.54, 1.807) is 4.90 Å². The highest BCUT2D eigenvalue weighted by Crippen LogP contribution is 2.14. The summed E-state index contributed by atoms with van der Waals surface area (Å²) in [5, 5.41) is 0. The molecule has 0 spiro atoms. The van der Waals surface area contributed by atoms with Gasteiger partial charge in [-0.15, -0.1) is 0 Å². The molecule has 0 bridgehead atoms. The highest BCUT2D eigenvalue weighted by molar-refractivity contribution is 5.79. The molecule has 0 aliphatic heterocycles. The van der Waals surface area contributed by atoms with Crippen molar-refractivity contribution in [2.75, 3.05) is 13.7 Å². The van der Waals surface area contributed by atoms with Gasteiger partial charge in [-0.1, -0.05) is 13.8 Å². The number of nitrogens with zero attached hydrogens (tertiary/aromatic N) is 1. The van der Waals surface area contributed by atoms with E-state index >= 15 is 0 Å². The van der Waals surface area contributed by atoms with E-state index in [-0.39, 0.29) is 30.3 Å². The number of hydrogen-bond acceptors (Lipinski definition) is 3. The molecule has 0 heterocycles. The van der Waals surface area contributed by atoms with E-state index in [0.29, 0.717) is 6.54 Å². The van der Waals surface area contributed by atoms with E-state index in [1.165, 1.54) is 7.11 Å². The molecular weight excluding hydrogens is 218 g/mol. The van der Waals surface area contributed by atoms with Crippen LogP contribution in [-0.4, -0.2) is 36.5 Å². The molecule has 0 radical (unpaired) electrons. The molecule has 0 aliphatic carbocycles. The molecule has 0 rings (SSSR count). The number of rotatable bonds is 7. The fourth-order valence-electron chi connectivity index (χ4n) is 1.81. The van der Waals surface area contributed by atoms with Crippen molar-refractivity contribution in [3.05, 3.63) is 0 Å². The Balaban J connectivity index is 4.51. The molecule has 0 fully saturated rings. The highest BCUT2D eigenvalue weighted by Gasteiger charge is 2.23. The zero-order valence-electron chi connectivity index (χ0n) is 11.7. The van der Waals surface area contributed by atoms with Crippen LogP contribution in [0.2, 0.25) is 0 Å². The number of hydrogen-bond donors (Lipinski definition) is 0. The minimum absolute atomic E-state index is 0.0649. The Morgan fingerprint density at radius 3 is 2.06 bits per heavy atom. The Bertz CT molecular complexity index is 247. The number of ether oxygens (including phenoxy) is 1. The lowest BCUT2D eigenvalue weighted by Crippen LogP contribution is -2.42. The number of esters is 1. The Morgan fingerprint density at radius 2 is 1.71 bits per heavy atom. The first-order valence-electron chi connectivity index (χ1n) is 6.35. The quantitative estimate of drug-likeness (QED) is 0.644. The van der Waals surface area contributed by atoms with Gasteiger partial charge in [-0.05, 0) is 26.7 Å². The summed E-state index contributed by atoms with van der Waals surface area (Å²) in [7, 11) is 1.37. The third-order valence-corrected chi connectivity index (χ3v) is 3.03. The minimum atomic E-state index is -0.270. The van der Waals surface area contributed by atoms with E-state index in [2.05, 4.69) is 4.74 Å². The third kappa shape index (κ3) is 5.20. The maximum Gasteiger partial charge on any atom is 0.307 e. The molecule has 0 aromatic carbocycles. The average Bonchev–Trinajstić information content (AvgIpc) is 2.30. The van der Waals surface area contributed by atoms with Gasteiger partial charge in [0.1, 0.15) is 0 Å². The van der Waals surface area contributed by atoms with Crippen LogP contribution in [0.25, 0.3) is 0 Å². The van der Waals surface area contributed by atoms with E-state index in [9.17, 15) is 9.59 Å². The monoisotopic (exact) mass is 243 g/mol. The van der Waals surface area contributed by atoms with Crippen molar-refractivity contribution >= 4 is 11.9 Å². The maximum atomic E-state index is 12.2. The number of methoxy groups -OCH3 is 1. The Kier molecular flexibility index (Phi) is 7.59. The predicted octanol–water partition coefficient (Wildman–Crippen LogP) is 2.22. The van der Waals surface area contributed by atoms with Gasteiger partial charge in [0.25, 0.3) is 0 Å². The molecule has 0 aromatic heterocycles. The first-order valence-corrected chi connectivity index (χ1v) is 6.35. The number of carbonyl (C=O) groups excluding carboxylic acids is 2. The van der Waals surface area contributed by atoms with Gasteiger partial charge >= 0.3 is 5.97 Å². The molecule has 100 valence electrons. The third-order valence-electron chi connectivity index (χ3n) is 3.03. The van der Waals surface area contributed by atoms with Crippen LogP contribution in [0.15, 0.2) is 0 Å². The van der Waals surface area contributed by atoms with Crippen molar-refractivity contribution in [2.45, 2.75) is 53.0 Å². The van der Waals surface area contributed by atoms with Crippen LogP contribution < -0.4 is 0 Å². The van der Waals surface area contributed by atoms with Crippen LogP contribution in [0.4, 0.5) is 0 Å². The SMILES string of the molecule is CCC(CC)C(=O)N(CCC(=O)OC)C(C)C. The fraction of sp³-hybridized carbons (Fsp3) is 0.846. The van der Waals surface area contributed by atoms with Crippen molar-refractivity contribution in [3.8, 4) is 0 Å². The van der Waals surface area contributed by atoms with Gasteiger partial charge in [0.05, 0.1) is 13.5 Å². The zero-order valence-corrected chi connectivity index (χ0v) is 11.7. The molecule has 0 aromatic rings. The van der Waals surface area contributed by atoms with Crippen molar-refractivity contribution in [1.29, 1.82) is 0 Å². The molecule has 0 unspecified atom stereocenters. The fourth-order valence-corrected chi connectivity index (χ4v) is 1.81. The molecule has 17 heavy (non-hydrogen) atoms. The summed E-state index contributed by atoms with van der Waals surface area (Å²) >= 11 is 0. The predicted molar refractivity (Wildman–Crippen MR) is 67.6 cm³/mol. The van der Waals surface area contributed by atoms with Crippen LogP contribution >= 0.6 is 0 Å². The van der Waals surface area contributed by atoms with Gasteiger partial charge in [0, 0.05) is 18.5 Å². The molecule has 0 N–H and O–H groups in total. The van der Waals surface area contributed by atoms with Crippen LogP contribution in [0, 0.1) is 5.92 Å². The molecule has 0 saturated carbocycles. The lowest BCUT2D eigenvalue weighted by Gasteiger charge is -2.29. The molecular formula is C13H25NO3. The summed E-state index contributed by atoms with van der Waals surface area (Å²) in [6.07, 6.45) is 1.95. The van der Waals surface area contributed by atoms with Crippen molar-refractivity contribution in [1.82, 2.24) is 4.90 Å². The summed E-state index contributed by atoms with van der Waals surface area (Å²) in [6, 6.07) is 0.118. The van der Waals surface area contributed by atoms with Crippen molar-refractivity contribution in [2.24, 2.45) is 5.92 Å². The number of carbonyl (C=O) groups is 2. The first-order chi connectivity index (χ1) is 7.97. The Morgan fingerprint density at radius 1 is 1.18 bits per heavy atom. The van der Waals surface area contributed by atoms with Gasteiger partial charge in [-0.3, -0.25) is 9.59 Å². The summed E-state index contributed by atoms with van der Waals surface area (Å²) in [6.45, 7) is 8.42. The van der Waals surface area contributed by atoms with Gasteiger partial charge in [-0.2, -0.15) is 0 Å².